The van der Waals surface area contributed by atoms with Crippen LogP contribution in [0.5, 0.6) is 0 Å². The molecule has 5 nitrogen and oxygen atoms in total. The Morgan fingerprint density at radius 2 is 2.00 bits per heavy atom. The van der Waals surface area contributed by atoms with Crippen LogP contribution in [0.3, 0.4) is 0 Å². The van der Waals surface area contributed by atoms with Crippen LogP contribution in [0, 0.1) is 11.8 Å². The van der Waals surface area contributed by atoms with E-state index < -0.39 is 5.92 Å². The molecular formula is C13H27N3O2. The van der Waals surface area contributed by atoms with E-state index in [1.807, 2.05) is 13.8 Å². The zero-order valence-corrected chi connectivity index (χ0v) is 12.0. The third kappa shape index (κ3) is 4.94. The summed E-state index contributed by atoms with van der Waals surface area (Å²) in [5.41, 5.74) is 5.61. The van der Waals surface area contributed by atoms with Crippen molar-refractivity contribution in [1.29, 1.82) is 0 Å². The molecule has 106 valence electrons. The second-order valence-corrected chi connectivity index (χ2v) is 4.76. The average molecular weight is 257 g/mol. The molecule has 0 aromatic heterocycles. The minimum absolute atomic E-state index is 0.0180. The predicted molar refractivity (Wildman–Crippen MR) is 73.5 cm³/mol. The summed E-state index contributed by atoms with van der Waals surface area (Å²) in [5.74, 6) is -0.0492. The summed E-state index contributed by atoms with van der Waals surface area (Å²) >= 11 is 0. The minimum Gasteiger partial charge on any atom is -0.409 e. The molecule has 0 radical (unpaired) electrons. The lowest BCUT2D eigenvalue weighted by atomic mass is 9.99. The second-order valence-electron chi connectivity index (χ2n) is 4.76. The topological polar surface area (TPSA) is 78.9 Å². The number of amides is 1. The number of hydrogen-bond acceptors (Lipinski definition) is 3. The number of nitrogens with two attached hydrogens (primary N) is 1. The molecule has 0 aromatic carbocycles. The summed E-state index contributed by atoms with van der Waals surface area (Å²) < 4.78 is 0. The van der Waals surface area contributed by atoms with Crippen molar-refractivity contribution in [2.45, 2.75) is 47.0 Å². The Labute approximate surface area is 110 Å². The van der Waals surface area contributed by atoms with Gasteiger partial charge in [0.1, 0.15) is 0 Å². The van der Waals surface area contributed by atoms with E-state index >= 15 is 0 Å². The number of amidine groups is 1. The van der Waals surface area contributed by atoms with E-state index in [4.69, 9.17) is 10.9 Å². The lowest BCUT2D eigenvalue weighted by Gasteiger charge is -2.27. The SMILES string of the molecule is CCCC(C(=O)N(CC)CC(C)CC)C(N)=NO. The van der Waals surface area contributed by atoms with Crippen molar-refractivity contribution in [3.63, 3.8) is 0 Å². The zero-order valence-electron chi connectivity index (χ0n) is 12.0. The Morgan fingerprint density at radius 1 is 1.39 bits per heavy atom. The van der Waals surface area contributed by atoms with Crippen molar-refractivity contribution in [2.24, 2.45) is 22.7 Å². The smallest absolute Gasteiger partial charge is 0.233 e. The molecule has 0 heterocycles. The van der Waals surface area contributed by atoms with Crippen LogP contribution in [0.1, 0.15) is 47.0 Å². The molecule has 0 aromatic rings. The first-order chi connectivity index (χ1) is 8.51. The quantitative estimate of drug-likeness (QED) is 0.302. The van der Waals surface area contributed by atoms with Crippen molar-refractivity contribution < 1.29 is 10.0 Å². The van der Waals surface area contributed by atoms with Gasteiger partial charge < -0.3 is 15.8 Å². The second kappa shape index (κ2) is 8.78. The number of carbonyl (C=O) groups is 1. The van der Waals surface area contributed by atoms with Crippen molar-refractivity contribution in [1.82, 2.24) is 4.90 Å². The number of oxime groups is 1. The average Bonchev–Trinajstić information content (AvgIpc) is 2.40. The first kappa shape index (κ1) is 16.7. The summed E-state index contributed by atoms with van der Waals surface area (Å²) in [6.45, 7) is 9.54. The van der Waals surface area contributed by atoms with Crippen LogP contribution in [-0.4, -0.2) is 34.9 Å². The van der Waals surface area contributed by atoms with Crippen molar-refractivity contribution in [3.05, 3.63) is 0 Å². The summed E-state index contributed by atoms with van der Waals surface area (Å²) in [7, 11) is 0. The van der Waals surface area contributed by atoms with Crippen LogP contribution in [0.4, 0.5) is 0 Å². The number of rotatable bonds is 8. The monoisotopic (exact) mass is 257 g/mol. The largest absolute Gasteiger partial charge is 0.409 e. The van der Waals surface area contributed by atoms with Gasteiger partial charge in [0.05, 0.1) is 5.92 Å². The van der Waals surface area contributed by atoms with Gasteiger partial charge >= 0.3 is 0 Å². The van der Waals surface area contributed by atoms with Gasteiger partial charge in [-0.25, -0.2) is 0 Å². The van der Waals surface area contributed by atoms with Gasteiger partial charge in [0, 0.05) is 13.1 Å². The molecule has 0 aliphatic rings. The zero-order chi connectivity index (χ0) is 14.1. The van der Waals surface area contributed by atoms with Crippen LogP contribution in [-0.2, 0) is 4.79 Å². The number of carbonyl (C=O) groups excluding carboxylic acids is 1. The van der Waals surface area contributed by atoms with E-state index in [1.165, 1.54) is 0 Å². The van der Waals surface area contributed by atoms with E-state index in [1.54, 1.807) is 4.90 Å². The summed E-state index contributed by atoms with van der Waals surface area (Å²) in [6, 6.07) is 0. The van der Waals surface area contributed by atoms with Gasteiger partial charge in [-0.2, -0.15) is 0 Å². The van der Waals surface area contributed by atoms with E-state index in [2.05, 4.69) is 19.0 Å². The minimum atomic E-state index is -0.496. The molecule has 0 aliphatic heterocycles. The highest BCUT2D eigenvalue weighted by atomic mass is 16.4. The van der Waals surface area contributed by atoms with E-state index in [0.717, 1.165) is 19.4 Å². The third-order valence-corrected chi connectivity index (χ3v) is 3.27. The van der Waals surface area contributed by atoms with Crippen LogP contribution in [0.15, 0.2) is 5.16 Å². The molecule has 0 saturated heterocycles. The fraction of sp³-hybridized carbons (Fsp3) is 0.846. The highest BCUT2D eigenvalue weighted by Gasteiger charge is 2.27. The maximum atomic E-state index is 12.4. The first-order valence-electron chi connectivity index (χ1n) is 6.77. The fourth-order valence-corrected chi connectivity index (χ4v) is 1.86. The van der Waals surface area contributed by atoms with Crippen molar-refractivity contribution >= 4 is 11.7 Å². The van der Waals surface area contributed by atoms with Gasteiger partial charge in [0.15, 0.2) is 5.84 Å². The summed E-state index contributed by atoms with van der Waals surface area (Å²) in [5, 5.41) is 11.7. The van der Waals surface area contributed by atoms with Gasteiger partial charge in [-0.3, -0.25) is 4.79 Å². The first-order valence-corrected chi connectivity index (χ1v) is 6.77. The highest BCUT2D eigenvalue weighted by Crippen LogP contribution is 2.13. The molecule has 0 spiro atoms. The van der Waals surface area contributed by atoms with Gasteiger partial charge in [-0.1, -0.05) is 38.8 Å². The summed E-state index contributed by atoms with van der Waals surface area (Å²) in [6.07, 6.45) is 2.48. The lowest BCUT2D eigenvalue weighted by Crippen LogP contribution is -2.43. The Morgan fingerprint density at radius 3 is 2.39 bits per heavy atom. The fourth-order valence-electron chi connectivity index (χ4n) is 1.86. The molecule has 0 aliphatic carbocycles. The van der Waals surface area contributed by atoms with Gasteiger partial charge in [0.25, 0.3) is 0 Å². The maximum absolute atomic E-state index is 12.4. The predicted octanol–water partition coefficient (Wildman–Crippen LogP) is 2.04. The Hall–Kier alpha value is -1.26. The highest BCUT2D eigenvalue weighted by molar-refractivity contribution is 6.02. The lowest BCUT2D eigenvalue weighted by molar-refractivity contribution is -0.134. The Bertz CT molecular complexity index is 279. The third-order valence-electron chi connectivity index (χ3n) is 3.27. The molecule has 5 heteroatoms. The molecular weight excluding hydrogens is 230 g/mol. The normalized spacial score (nSPS) is 15.2. The molecule has 2 atom stereocenters. The molecule has 0 saturated carbocycles. The Balaban J connectivity index is 4.80. The maximum Gasteiger partial charge on any atom is 0.233 e. The van der Waals surface area contributed by atoms with Crippen molar-refractivity contribution in [3.8, 4) is 0 Å². The molecule has 3 N–H and O–H groups in total. The van der Waals surface area contributed by atoms with Crippen LogP contribution < -0.4 is 5.73 Å². The molecule has 1 amide bonds. The number of nitrogens with zero attached hydrogens (tertiary/aromatic N) is 2. The van der Waals surface area contributed by atoms with Crippen LogP contribution in [0.25, 0.3) is 0 Å². The van der Waals surface area contributed by atoms with Crippen molar-refractivity contribution in [2.75, 3.05) is 13.1 Å². The molecule has 2 unspecified atom stereocenters. The molecule has 0 fully saturated rings. The van der Waals surface area contributed by atoms with E-state index in [9.17, 15) is 4.79 Å². The summed E-state index contributed by atoms with van der Waals surface area (Å²) in [4.78, 5) is 14.2. The van der Waals surface area contributed by atoms with Gasteiger partial charge in [-0.15, -0.1) is 0 Å². The molecule has 18 heavy (non-hydrogen) atoms. The van der Waals surface area contributed by atoms with Crippen LogP contribution in [0.2, 0.25) is 0 Å². The van der Waals surface area contributed by atoms with Gasteiger partial charge in [-0.05, 0) is 19.3 Å². The molecule has 0 rings (SSSR count). The number of hydrogen-bond donors (Lipinski definition) is 2. The Kier molecular flexibility index (Phi) is 8.16. The van der Waals surface area contributed by atoms with E-state index in [-0.39, 0.29) is 11.7 Å². The van der Waals surface area contributed by atoms with Crippen LogP contribution >= 0.6 is 0 Å². The van der Waals surface area contributed by atoms with E-state index in [0.29, 0.717) is 18.9 Å². The standard InChI is InChI=1S/C13H27N3O2/c1-5-8-11(12(14)15-18)13(17)16(7-3)9-10(4)6-2/h10-11,18H,5-9H2,1-4H3,(H2,14,15). The molecule has 0 bridgehead atoms. The van der Waals surface area contributed by atoms with Gasteiger partial charge in [0.2, 0.25) is 5.91 Å².